The van der Waals surface area contributed by atoms with Crippen molar-refractivity contribution in [3.05, 3.63) is 48.5 Å². The van der Waals surface area contributed by atoms with Gasteiger partial charge in [0.15, 0.2) is 4.34 Å². The van der Waals surface area contributed by atoms with Gasteiger partial charge in [-0.15, -0.1) is 10.2 Å². The summed E-state index contributed by atoms with van der Waals surface area (Å²) in [6.45, 7) is 4.11. The molecule has 138 valence electrons. The van der Waals surface area contributed by atoms with Crippen LogP contribution in [0.25, 0.3) is 0 Å². The Morgan fingerprint density at radius 2 is 1.70 bits per heavy atom. The number of rotatable bonds is 5. The first-order valence-corrected chi connectivity index (χ1v) is 11.2. The van der Waals surface area contributed by atoms with Gasteiger partial charge in [0, 0.05) is 15.8 Å². The van der Waals surface area contributed by atoms with E-state index in [0.717, 1.165) is 30.6 Å². The number of benzene rings is 2. The third kappa shape index (κ3) is 3.97. The van der Waals surface area contributed by atoms with Gasteiger partial charge in [-0.25, -0.2) is 0 Å². The van der Waals surface area contributed by atoms with Crippen LogP contribution in [0.4, 0.5) is 16.5 Å². The molecule has 0 atom stereocenters. The van der Waals surface area contributed by atoms with E-state index in [-0.39, 0.29) is 5.91 Å². The summed E-state index contributed by atoms with van der Waals surface area (Å²) in [7, 11) is 0. The van der Waals surface area contributed by atoms with E-state index in [0.29, 0.717) is 11.8 Å². The van der Waals surface area contributed by atoms with Gasteiger partial charge in [-0.05, 0) is 38.1 Å². The number of thioether (sulfide) groups is 1. The molecule has 1 amide bonds. The molecule has 0 unspecified atom stereocenters. The molecule has 0 spiro atoms. The molecule has 2 heterocycles. The van der Waals surface area contributed by atoms with Crippen LogP contribution in [0.15, 0.2) is 62.7 Å². The Kier molecular flexibility index (Phi) is 5.38. The minimum Gasteiger partial charge on any atom is -0.358 e. The monoisotopic (exact) mass is 414 g/mol. The van der Waals surface area contributed by atoms with Crippen molar-refractivity contribution in [3.63, 3.8) is 0 Å². The summed E-state index contributed by atoms with van der Waals surface area (Å²) < 4.78 is 0.791. The molecular weight excluding hydrogens is 396 g/mol. The Morgan fingerprint density at radius 1 is 1.07 bits per heavy atom. The highest BCUT2D eigenvalue weighted by Gasteiger charge is 2.27. The van der Waals surface area contributed by atoms with Crippen molar-refractivity contribution in [2.24, 2.45) is 0 Å². The van der Waals surface area contributed by atoms with Crippen molar-refractivity contribution in [3.8, 4) is 0 Å². The van der Waals surface area contributed by atoms with Crippen LogP contribution in [-0.2, 0) is 4.79 Å². The van der Waals surface area contributed by atoms with Crippen LogP contribution < -0.4 is 10.2 Å². The summed E-state index contributed by atoms with van der Waals surface area (Å²) in [4.78, 5) is 17.1. The van der Waals surface area contributed by atoms with E-state index < -0.39 is 0 Å². The van der Waals surface area contributed by atoms with Crippen molar-refractivity contribution in [2.45, 2.75) is 34.0 Å². The summed E-state index contributed by atoms with van der Waals surface area (Å²) in [6, 6.07) is 16.3. The zero-order chi connectivity index (χ0) is 18.8. The molecule has 1 aliphatic rings. The lowest BCUT2D eigenvalue weighted by Crippen LogP contribution is -2.29. The van der Waals surface area contributed by atoms with Crippen molar-refractivity contribution in [1.82, 2.24) is 10.2 Å². The Bertz CT molecular complexity index is 927. The van der Waals surface area contributed by atoms with Gasteiger partial charge in [0.25, 0.3) is 0 Å². The molecule has 8 heteroatoms. The number of nitrogens with zero attached hydrogens (tertiary/aromatic N) is 3. The molecule has 0 fully saturated rings. The number of amides is 1. The largest absolute Gasteiger partial charge is 0.358 e. The van der Waals surface area contributed by atoms with Crippen LogP contribution in [0.5, 0.6) is 0 Å². The normalized spacial score (nSPS) is 12.6. The topological polar surface area (TPSA) is 58.1 Å². The Labute approximate surface area is 170 Å². The third-order valence-electron chi connectivity index (χ3n) is 3.82. The molecule has 2 aromatic carbocycles. The van der Waals surface area contributed by atoms with Crippen molar-refractivity contribution in [2.75, 3.05) is 16.0 Å². The van der Waals surface area contributed by atoms with Crippen LogP contribution in [0.1, 0.15) is 13.8 Å². The van der Waals surface area contributed by atoms with Gasteiger partial charge >= 0.3 is 0 Å². The minimum atomic E-state index is 0.0359. The highest BCUT2D eigenvalue weighted by atomic mass is 32.2. The summed E-state index contributed by atoms with van der Waals surface area (Å²) >= 11 is 4.60. The van der Waals surface area contributed by atoms with Gasteiger partial charge in [-0.1, -0.05) is 59.1 Å². The fourth-order valence-electron chi connectivity index (χ4n) is 2.73. The van der Waals surface area contributed by atoms with E-state index in [9.17, 15) is 4.79 Å². The van der Waals surface area contributed by atoms with Gasteiger partial charge in [-0.3, -0.25) is 9.69 Å². The molecule has 0 saturated heterocycles. The fraction of sp³-hybridized carbons (Fsp3) is 0.211. The van der Waals surface area contributed by atoms with E-state index >= 15 is 0 Å². The molecule has 3 aromatic rings. The highest BCUT2D eigenvalue weighted by molar-refractivity contribution is 8.01. The summed E-state index contributed by atoms with van der Waals surface area (Å²) in [5, 5.41) is 12.3. The van der Waals surface area contributed by atoms with E-state index in [1.807, 2.05) is 41.3 Å². The predicted octanol–water partition coefficient (Wildman–Crippen LogP) is 5.28. The second-order valence-electron chi connectivity index (χ2n) is 6.23. The van der Waals surface area contributed by atoms with E-state index in [4.69, 9.17) is 0 Å². The summed E-state index contributed by atoms with van der Waals surface area (Å²) in [5.74, 6) is 0.345. The van der Waals surface area contributed by atoms with E-state index in [1.165, 1.54) is 23.1 Å². The number of hydrogen-bond acceptors (Lipinski definition) is 7. The average Bonchev–Trinajstić information content (AvgIpc) is 3.10. The maximum Gasteiger partial charge on any atom is 0.242 e. The second-order valence-corrected chi connectivity index (χ2v) is 9.51. The molecule has 1 aromatic heterocycles. The lowest BCUT2D eigenvalue weighted by atomic mass is 10.2. The van der Waals surface area contributed by atoms with Gasteiger partial charge in [0.05, 0.1) is 17.1 Å². The molecule has 4 rings (SSSR count). The van der Waals surface area contributed by atoms with Crippen LogP contribution >= 0.6 is 34.9 Å². The van der Waals surface area contributed by atoms with Crippen LogP contribution in [-0.4, -0.2) is 27.9 Å². The van der Waals surface area contributed by atoms with Gasteiger partial charge in [-0.2, -0.15) is 0 Å². The molecular formula is C19H18N4OS3. The Balaban J connectivity index is 1.54. The molecule has 1 N–H and O–H groups in total. The number of fused-ring (bicyclic) bond motifs is 2. The number of carbonyl (C=O) groups is 1. The predicted molar refractivity (Wildman–Crippen MR) is 114 cm³/mol. The van der Waals surface area contributed by atoms with Crippen molar-refractivity contribution < 1.29 is 4.79 Å². The fourth-order valence-corrected chi connectivity index (χ4v) is 5.54. The van der Waals surface area contributed by atoms with Gasteiger partial charge in [0.1, 0.15) is 0 Å². The van der Waals surface area contributed by atoms with Crippen LogP contribution in [0.2, 0.25) is 0 Å². The van der Waals surface area contributed by atoms with Gasteiger partial charge in [0.2, 0.25) is 11.0 Å². The quantitative estimate of drug-likeness (QED) is 0.573. The number of nitrogens with one attached hydrogen (secondary N) is 1. The summed E-state index contributed by atoms with van der Waals surface area (Å²) in [5.41, 5.74) is 1.87. The zero-order valence-electron chi connectivity index (χ0n) is 14.9. The number of para-hydroxylation sites is 2. The summed E-state index contributed by atoms with van der Waals surface area (Å²) in [6.07, 6.45) is 0. The number of hydrogen-bond donors (Lipinski definition) is 1. The van der Waals surface area contributed by atoms with E-state index in [1.54, 1.807) is 11.8 Å². The average molecular weight is 415 g/mol. The molecule has 1 aliphatic heterocycles. The van der Waals surface area contributed by atoms with Crippen LogP contribution in [0.3, 0.4) is 0 Å². The molecule has 0 radical (unpaired) electrons. The maximum atomic E-state index is 13.1. The number of aromatic nitrogens is 2. The standard InChI is InChI=1S/C19H18N4OS3/c1-12(2)20-18-21-22-19(27-18)25-11-17(24)23-13-7-3-5-9-15(13)26-16-10-6-4-8-14(16)23/h3-10,12H,11H2,1-2H3,(H,20,21). The van der Waals surface area contributed by atoms with Crippen LogP contribution in [0, 0.1) is 0 Å². The first-order valence-electron chi connectivity index (χ1n) is 8.53. The molecule has 0 saturated carbocycles. The Morgan fingerprint density at radius 3 is 2.33 bits per heavy atom. The smallest absolute Gasteiger partial charge is 0.242 e. The first-order chi connectivity index (χ1) is 13.1. The lowest BCUT2D eigenvalue weighted by molar-refractivity contribution is -0.115. The lowest BCUT2D eigenvalue weighted by Gasteiger charge is -2.30. The minimum absolute atomic E-state index is 0.0359. The third-order valence-corrected chi connectivity index (χ3v) is 6.92. The molecule has 5 nitrogen and oxygen atoms in total. The van der Waals surface area contributed by atoms with Crippen molar-refractivity contribution in [1.29, 1.82) is 0 Å². The van der Waals surface area contributed by atoms with Crippen molar-refractivity contribution >= 4 is 57.3 Å². The van der Waals surface area contributed by atoms with E-state index in [2.05, 4.69) is 41.5 Å². The maximum absolute atomic E-state index is 13.1. The highest BCUT2D eigenvalue weighted by Crippen LogP contribution is 2.48. The van der Waals surface area contributed by atoms with Gasteiger partial charge < -0.3 is 5.32 Å². The first kappa shape index (κ1) is 18.3. The SMILES string of the molecule is CC(C)Nc1nnc(SCC(=O)N2c3ccccc3Sc3ccccc32)s1. The second kappa shape index (κ2) is 7.92. The number of carbonyl (C=O) groups excluding carboxylic acids is 1. The zero-order valence-corrected chi connectivity index (χ0v) is 17.3. The molecule has 27 heavy (non-hydrogen) atoms. The Hall–Kier alpha value is -2.03. The molecule has 0 aliphatic carbocycles. The molecule has 0 bridgehead atoms. The number of anilines is 3.